The molecule has 1 N–H and O–H groups in total. The molecule has 0 fully saturated rings. The van der Waals surface area contributed by atoms with E-state index in [9.17, 15) is 19.7 Å². The summed E-state index contributed by atoms with van der Waals surface area (Å²) in [7, 11) is 1.35. The molecular weight excluding hydrogens is 354 g/mol. The van der Waals surface area contributed by atoms with E-state index in [1.165, 1.54) is 50.4 Å². The number of esters is 1. The van der Waals surface area contributed by atoms with Gasteiger partial charge < -0.3 is 14.8 Å². The predicted molar refractivity (Wildman–Crippen MR) is 94.3 cm³/mol. The molecular formula is C18H15N3O6. The summed E-state index contributed by atoms with van der Waals surface area (Å²) < 4.78 is 10.1. The molecule has 0 radical (unpaired) electrons. The zero-order valence-electron chi connectivity index (χ0n) is 14.5. The summed E-state index contributed by atoms with van der Waals surface area (Å²) in [6.07, 6.45) is -1.19. The third-order valence-electron chi connectivity index (χ3n) is 3.53. The van der Waals surface area contributed by atoms with Gasteiger partial charge in [-0.05, 0) is 31.2 Å². The monoisotopic (exact) mass is 369 g/mol. The van der Waals surface area contributed by atoms with Crippen LogP contribution in [0.1, 0.15) is 22.8 Å². The Kier molecular flexibility index (Phi) is 6.06. The van der Waals surface area contributed by atoms with Crippen molar-refractivity contribution in [2.24, 2.45) is 0 Å². The highest BCUT2D eigenvalue weighted by Gasteiger charge is 2.21. The second kappa shape index (κ2) is 8.44. The van der Waals surface area contributed by atoms with E-state index in [1.807, 2.05) is 6.07 Å². The van der Waals surface area contributed by atoms with Crippen LogP contribution in [-0.4, -0.2) is 30.0 Å². The second-order valence-electron chi connectivity index (χ2n) is 5.37. The minimum Gasteiger partial charge on any atom is -0.495 e. The number of ether oxygens (including phenoxy) is 2. The zero-order chi connectivity index (χ0) is 20.0. The van der Waals surface area contributed by atoms with Crippen LogP contribution in [0.5, 0.6) is 5.75 Å². The summed E-state index contributed by atoms with van der Waals surface area (Å²) in [6.45, 7) is 1.35. The van der Waals surface area contributed by atoms with Gasteiger partial charge in [0, 0.05) is 12.1 Å². The molecule has 0 saturated heterocycles. The number of hydrogen-bond donors (Lipinski definition) is 1. The number of rotatable bonds is 6. The van der Waals surface area contributed by atoms with Crippen LogP contribution in [0.2, 0.25) is 0 Å². The maximum absolute atomic E-state index is 12.3. The Balaban J connectivity index is 2.11. The van der Waals surface area contributed by atoms with Gasteiger partial charge in [-0.2, -0.15) is 5.26 Å². The standard InChI is InChI=1S/C18H15N3O6/c1-11(27-18(23)13-5-3-4-12(8-13)10-19)17(22)20-15-9-14(21(24)25)6-7-16(15)26-2/h3-9,11H,1-2H3,(H,20,22)/t11-/m1/s1. The fourth-order valence-electron chi connectivity index (χ4n) is 2.14. The van der Waals surface area contributed by atoms with Crippen LogP contribution in [0.3, 0.4) is 0 Å². The predicted octanol–water partition coefficient (Wildman–Crippen LogP) is 2.66. The fourth-order valence-corrected chi connectivity index (χ4v) is 2.14. The van der Waals surface area contributed by atoms with E-state index in [4.69, 9.17) is 14.7 Å². The molecule has 9 nitrogen and oxygen atoms in total. The van der Waals surface area contributed by atoms with Gasteiger partial charge in [-0.3, -0.25) is 14.9 Å². The third kappa shape index (κ3) is 4.79. The molecule has 0 saturated carbocycles. The molecule has 2 rings (SSSR count). The molecule has 9 heteroatoms. The highest BCUT2D eigenvalue weighted by Crippen LogP contribution is 2.29. The molecule has 0 aliphatic heterocycles. The van der Waals surface area contributed by atoms with Gasteiger partial charge in [-0.15, -0.1) is 0 Å². The highest BCUT2D eigenvalue weighted by atomic mass is 16.6. The van der Waals surface area contributed by atoms with Gasteiger partial charge in [0.1, 0.15) is 5.75 Å². The summed E-state index contributed by atoms with van der Waals surface area (Å²) in [5.74, 6) is -1.26. The molecule has 2 aromatic carbocycles. The smallest absolute Gasteiger partial charge is 0.338 e. The molecule has 0 aliphatic carbocycles. The van der Waals surface area contributed by atoms with Gasteiger partial charge in [0.05, 0.1) is 34.9 Å². The van der Waals surface area contributed by atoms with Crippen LogP contribution in [0, 0.1) is 21.4 Å². The molecule has 138 valence electrons. The van der Waals surface area contributed by atoms with Crippen molar-refractivity contribution >= 4 is 23.3 Å². The molecule has 0 spiro atoms. The summed E-state index contributed by atoms with van der Waals surface area (Å²) >= 11 is 0. The summed E-state index contributed by atoms with van der Waals surface area (Å²) in [5.41, 5.74) is 0.250. The number of hydrogen-bond acceptors (Lipinski definition) is 7. The van der Waals surface area contributed by atoms with E-state index in [-0.39, 0.29) is 28.3 Å². The number of nitro benzene ring substituents is 1. The molecule has 1 amide bonds. The van der Waals surface area contributed by atoms with Crippen LogP contribution >= 0.6 is 0 Å². The lowest BCUT2D eigenvalue weighted by atomic mass is 10.1. The minimum absolute atomic E-state index is 0.0751. The zero-order valence-corrected chi connectivity index (χ0v) is 14.5. The Labute approximate surface area is 154 Å². The van der Waals surface area contributed by atoms with E-state index in [0.29, 0.717) is 0 Å². The van der Waals surface area contributed by atoms with E-state index in [2.05, 4.69) is 5.32 Å². The summed E-state index contributed by atoms with van der Waals surface area (Å²) in [5, 5.41) is 22.2. The molecule has 0 aliphatic rings. The van der Waals surface area contributed by atoms with Crippen LogP contribution < -0.4 is 10.1 Å². The van der Waals surface area contributed by atoms with Crippen molar-refractivity contribution in [3.63, 3.8) is 0 Å². The average Bonchev–Trinajstić information content (AvgIpc) is 2.67. The quantitative estimate of drug-likeness (QED) is 0.470. The number of nitrogens with zero attached hydrogens (tertiary/aromatic N) is 2. The molecule has 27 heavy (non-hydrogen) atoms. The van der Waals surface area contributed by atoms with Gasteiger partial charge in [0.2, 0.25) is 0 Å². The van der Waals surface area contributed by atoms with E-state index in [0.717, 1.165) is 6.07 Å². The Hall–Kier alpha value is -3.93. The lowest BCUT2D eigenvalue weighted by Gasteiger charge is -2.15. The van der Waals surface area contributed by atoms with Crippen molar-refractivity contribution in [2.45, 2.75) is 13.0 Å². The van der Waals surface area contributed by atoms with Crippen molar-refractivity contribution in [3.05, 3.63) is 63.7 Å². The van der Waals surface area contributed by atoms with Crippen LogP contribution in [0.4, 0.5) is 11.4 Å². The lowest BCUT2D eigenvalue weighted by molar-refractivity contribution is -0.384. The number of anilines is 1. The number of nitro groups is 1. The number of amides is 1. The first kappa shape index (κ1) is 19.4. The Morgan fingerprint density at radius 3 is 2.63 bits per heavy atom. The van der Waals surface area contributed by atoms with Gasteiger partial charge in [0.25, 0.3) is 11.6 Å². The summed E-state index contributed by atoms with van der Waals surface area (Å²) in [4.78, 5) is 34.7. The van der Waals surface area contributed by atoms with Gasteiger partial charge in [-0.25, -0.2) is 4.79 Å². The van der Waals surface area contributed by atoms with Gasteiger partial charge >= 0.3 is 5.97 Å². The minimum atomic E-state index is -1.19. The topological polar surface area (TPSA) is 132 Å². The molecule has 0 heterocycles. The van der Waals surface area contributed by atoms with Crippen molar-refractivity contribution in [2.75, 3.05) is 12.4 Å². The summed E-state index contributed by atoms with van der Waals surface area (Å²) in [6, 6.07) is 11.5. The first-order valence-electron chi connectivity index (χ1n) is 7.70. The van der Waals surface area contributed by atoms with Crippen molar-refractivity contribution < 1.29 is 24.0 Å². The maximum Gasteiger partial charge on any atom is 0.338 e. The Bertz CT molecular complexity index is 935. The number of carbonyl (C=O) groups is 2. The first-order chi connectivity index (χ1) is 12.8. The average molecular weight is 369 g/mol. The molecule has 2 aromatic rings. The molecule has 0 bridgehead atoms. The molecule has 0 unspecified atom stereocenters. The van der Waals surface area contributed by atoms with Gasteiger partial charge in [-0.1, -0.05) is 6.07 Å². The fraction of sp³-hybridized carbons (Fsp3) is 0.167. The van der Waals surface area contributed by atoms with Crippen molar-refractivity contribution in [1.82, 2.24) is 0 Å². The van der Waals surface area contributed by atoms with Crippen LogP contribution in [0.25, 0.3) is 0 Å². The van der Waals surface area contributed by atoms with Crippen molar-refractivity contribution in [3.8, 4) is 11.8 Å². The Morgan fingerprint density at radius 2 is 2.00 bits per heavy atom. The number of carbonyl (C=O) groups excluding carboxylic acids is 2. The third-order valence-corrected chi connectivity index (χ3v) is 3.53. The van der Waals surface area contributed by atoms with Crippen molar-refractivity contribution in [1.29, 1.82) is 5.26 Å². The van der Waals surface area contributed by atoms with E-state index >= 15 is 0 Å². The Morgan fingerprint density at radius 1 is 1.26 bits per heavy atom. The van der Waals surface area contributed by atoms with Crippen LogP contribution in [-0.2, 0) is 9.53 Å². The van der Waals surface area contributed by atoms with Crippen LogP contribution in [0.15, 0.2) is 42.5 Å². The number of nitriles is 1. The normalized spacial score (nSPS) is 11.0. The highest BCUT2D eigenvalue weighted by molar-refractivity contribution is 5.98. The van der Waals surface area contributed by atoms with Gasteiger partial charge in [0.15, 0.2) is 6.10 Å². The van der Waals surface area contributed by atoms with E-state index < -0.39 is 22.9 Å². The number of non-ortho nitro benzene ring substituents is 1. The largest absolute Gasteiger partial charge is 0.495 e. The lowest BCUT2D eigenvalue weighted by Crippen LogP contribution is -2.30. The molecule has 1 atom stereocenters. The molecule has 0 aromatic heterocycles. The van der Waals surface area contributed by atoms with E-state index in [1.54, 1.807) is 0 Å². The number of benzene rings is 2. The number of methoxy groups -OCH3 is 1. The number of nitrogens with one attached hydrogen (secondary N) is 1. The second-order valence-corrected chi connectivity index (χ2v) is 5.37. The first-order valence-corrected chi connectivity index (χ1v) is 7.70. The SMILES string of the molecule is COc1ccc([N+](=O)[O-])cc1NC(=O)[C@@H](C)OC(=O)c1cccc(C#N)c1. The maximum atomic E-state index is 12.3.